The van der Waals surface area contributed by atoms with Crippen LogP contribution in [0.1, 0.15) is 5.56 Å². The van der Waals surface area contributed by atoms with E-state index in [1.807, 2.05) is 18.2 Å². The number of fused-ring (bicyclic) bond motifs is 1. The Hall–Kier alpha value is -1.59. The number of anilines is 1. The average molecular weight is 323 g/mol. The van der Waals surface area contributed by atoms with Gasteiger partial charge in [-0.3, -0.25) is 0 Å². The fourth-order valence-electron chi connectivity index (χ4n) is 2.15. The summed E-state index contributed by atoms with van der Waals surface area (Å²) in [5, 5.41) is 3.83. The SMILES string of the molecule is CSc1cc2c(cc1CNc1ccnc(Cl)c1)OCCO2. The zero-order valence-corrected chi connectivity index (χ0v) is 13.1. The molecule has 4 nitrogen and oxygen atoms in total. The molecule has 0 atom stereocenters. The lowest BCUT2D eigenvalue weighted by molar-refractivity contribution is 0.171. The molecule has 0 amide bonds. The van der Waals surface area contributed by atoms with Crippen molar-refractivity contribution in [3.63, 3.8) is 0 Å². The summed E-state index contributed by atoms with van der Waals surface area (Å²) in [5.74, 6) is 1.63. The number of rotatable bonds is 4. The molecule has 0 bridgehead atoms. The van der Waals surface area contributed by atoms with Crippen molar-refractivity contribution in [2.75, 3.05) is 24.8 Å². The number of hydrogen-bond donors (Lipinski definition) is 1. The van der Waals surface area contributed by atoms with Crippen LogP contribution in [-0.4, -0.2) is 24.5 Å². The van der Waals surface area contributed by atoms with E-state index in [1.54, 1.807) is 24.0 Å². The van der Waals surface area contributed by atoms with Gasteiger partial charge in [0, 0.05) is 23.3 Å². The van der Waals surface area contributed by atoms with E-state index in [1.165, 1.54) is 10.5 Å². The van der Waals surface area contributed by atoms with Crippen molar-refractivity contribution in [1.29, 1.82) is 0 Å². The van der Waals surface area contributed by atoms with E-state index in [0.29, 0.717) is 24.9 Å². The lowest BCUT2D eigenvalue weighted by atomic mass is 10.2. The minimum atomic E-state index is 0.479. The first kappa shape index (κ1) is 14.4. The van der Waals surface area contributed by atoms with Crippen LogP contribution in [0.15, 0.2) is 35.4 Å². The quantitative estimate of drug-likeness (QED) is 0.684. The maximum Gasteiger partial charge on any atom is 0.162 e. The van der Waals surface area contributed by atoms with Crippen LogP contribution < -0.4 is 14.8 Å². The normalized spacial score (nSPS) is 13.0. The molecule has 21 heavy (non-hydrogen) atoms. The zero-order chi connectivity index (χ0) is 14.7. The standard InChI is InChI=1S/C15H15ClN2O2S/c1-21-14-8-13-12(19-4-5-20-13)6-10(14)9-18-11-2-3-17-15(16)7-11/h2-3,6-8H,4-5,9H2,1H3,(H,17,18). The maximum atomic E-state index is 5.89. The first-order valence-electron chi connectivity index (χ1n) is 6.58. The van der Waals surface area contributed by atoms with E-state index < -0.39 is 0 Å². The highest BCUT2D eigenvalue weighted by Gasteiger charge is 2.15. The molecule has 0 aliphatic carbocycles. The molecule has 2 aromatic rings. The molecule has 1 aliphatic heterocycles. The smallest absolute Gasteiger partial charge is 0.162 e. The molecule has 0 unspecified atom stereocenters. The first-order valence-corrected chi connectivity index (χ1v) is 8.18. The van der Waals surface area contributed by atoms with Gasteiger partial charge in [-0.05, 0) is 36.1 Å². The Morgan fingerprint density at radius 2 is 2.00 bits per heavy atom. The highest BCUT2D eigenvalue weighted by Crippen LogP contribution is 2.36. The molecule has 3 rings (SSSR count). The predicted octanol–water partition coefficient (Wildman–Crippen LogP) is 3.84. The number of aromatic nitrogens is 1. The Labute approximate surface area is 132 Å². The van der Waals surface area contributed by atoms with Crippen molar-refractivity contribution in [2.45, 2.75) is 11.4 Å². The molecule has 1 N–H and O–H groups in total. The summed E-state index contributed by atoms with van der Waals surface area (Å²) in [5.41, 5.74) is 2.11. The lowest BCUT2D eigenvalue weighted by Gasteiger charge is -2.21. The van der Waals surface area contributed by atoms with Gasteiger partial charge >= 0.3 is 0 Å². The average Bonchev–Trinajstić information content (AvgIpc) is 2.52. The Balaban J connectivity index is 1.81. The van der Waals surface area contributed by atoms with Gasteiger partial charge in [-0.2, -0.15) is 0 Å². The Bertz CT molecular complexity index is 652. The highest BCUT2D eigenvalue weighted by molar-refractivity contribution is 7.98. The van der Waals surface area contributed by atoms with Crippen molar-refractivity contribution >= 4 is 29.1 Å². The molecule has 0 saturated heterocycles. The topological polar surface area (TPSA) is 43.4 Å². The van der Waals surface area contributed by atoms with E-state index in [4.69, 9.17) is 21.1 Å². The molecule has 1 aliphatic rings. The summed E-state index contributed by atoms with van der Waals surface area (Å²) in [7, 11) is 0. The fourth-order valence-corrected chi connectivity index (χ4v) is 2.94. The molecule has 1 aromatic heterocycles. The number of hydrogen-bond acceptors (Lipinski definition) is 5. The summed E-state index contributed by atoms with van der Waals surface area (Å²) in [6, 6.07) is 7.77. The minimum absolute atomic E-state index is 0.479. The van der Waals surface area contributed by atoms with Crippen LogP contribution in [0.5, 0.6) is 11.5 Å². The molecule has 0 spiro atoms. The van der Waals surface area contributed by atoms with E-state index in [2.05, 4.69) is 16.6 Å². The van der Waals surface area contributed by atoms with Crippen LogP contribution in [0.3, 0.4) is 0 Å². The minimum Gasteiger partial charge on any atom is -0.486 e. The molecule has 0 fully saturated rings. The number of pyridine rings is 1. The largest absolute Gasteiger partial charge is 0.486 e. The van der Waals surface area contributed by atoms with E-state index in [-0.39, 0.29) is 0 Å². The molecule has 6 heteroatoms. The Kier molecular flexibility index (Phi) is 4.41. The van der Waals surface area contributed by atoms with Gasteiger partial charge < -0.3 is 14.8 Å². The van der Waals surface area contributed by atoms with Crippen LogP contribution in [-0.2, 0) is 6.54 Å². The van der Waals surface area contributed by atoms with Gasteiger partial charge in [0.15, 0.2) is 11.5 Å². The summed E-state index contributed by atoms with van der Waals surface area (Å²) in [6.07, 6.45) is 3.74. The van der Waals surface area contributed by atoms with Crippen LogP contribution in [0.2, 0.25) is 5.15 Å². The molecule has 0 radical (unpaired) electrons. The van der Waals surface area contributed by atoms with Crippen molar-refractivity contribution < 1.29 is 9.47 Å². The van der Waals surface area contributed by atoms with Gasteiger partial charge in [0.25, 0.3) is 0 Å². The van der Waals surface area contributed by atoms with Crippen LogP contribution >= 0.6 is 23.4 Å². The van der Waals surface area contributed by atoms with Crippen LogP contribution in [0.4, 0.5) is 5.69 Å². The Morgan fingerprint density at radius 3 is 2.71 bits per heavy atom. The van der Waals surface area contributed by atoms with Crippen molar-refractivity contribution in [1.82, 2.24) is 4.98 Å². The predicted molar refractivity (Wildman–Crippen MR) is 85.8 cm³/mol. The van der Waals surface area contributed by atoms with Gasteiger partial charge in [-0.1, -0.05) is 11.6 Å². The van der Waals surface area contributed by atoms with E-state index in [0.717, 1.165) is 17.2 Å². The van der Waals surface area contributed by atoms with Crippen molar-refractivity contribution in [3.05, 3.63) is 41.2 Å². The van der Waals surface area contributed by atoms with Crippen LogP contribution in [0.25, 0.3) is 0 Å². The zero-order valence-electron chi connectivity index (χ0n) is 11.6. The second-order valence-electron chi connectivity index (χ2n) is 4.53. The third-order valence-corrected chi connectivity index (χ3v) is 4.18. The van der Waals surface area contributed by atoms with Crippen molar-refractivity contribution in [3.8, 4) is 11.5 Å². The molecular weight excluding hydrogens is 308 g/mol. The lowest BCUT2D eigenvalue weighted by Crippen LogP contribution is -2.16. The number of halogens is 1. The molecular formula is C15H15ClN2O2S. The molecule has 110 valence electrons. The van der Waals surface area contributed by atoms with Crippen LogP contribution in [0, 0.1) is 0 Å². The second kappa shape index (κ2) is 6.45. The number of nitrogens with zero attached hydrogens (tertiary/aromatic N) is 1. The van der Waals surface area contributed by atoms with Gasteiger partial charge in [-0.15, -0.1) is 11.8 Å². The molecule has 1 aromatic carbocycles. The third-order valence-electron chi connectivity index (χ3n) is 3.15. The maximum absolute atomic E-state index is 5.89. The summed E-state index contributed by atoms with van der Waals surface area (Å²) in [6.45, 7) is 1.89. The van der Waals surface area contributed by atoms with Gasteiger partial charge in [0.1, 0.15) is 18.4 Å². The summed E-state index contributed by atoms with van der Waals surface area (Å²) < 4.78 is 11.3. The molecule has 2 heterocycles. The second-order valence-corrected chi connectivity index (χ2v) is 5.76. The fraction of sp³-hybridized carbons (Fsp3) is 0.267. The third kappa shape index (κ3) is 3.36. The first-order chi connectivity index (χ1) is 10.3. The van der Waals surface area contributed by atoms with E-state index >= 15 is 0 Å². The van der Waals surface area contributed by atoms with Gasteiger partial charge in [0.05, 0.1) is 0 Å². The van der Waals surface area contributed by atoms with Crippen molar-refractivity contribution in [2.24, 2.45) is 0 Å². The molecule has 0 saturated carbocycles. The highest BCUT2D eigenvalue weighted by atomic mass is 35.5. The number of nitrogens with one attached hydrogen (secondary N) is 1. The summed E-state index contributed by atoms with van der Waals surface area (Å²) >= 11 is 7.58. The summed E-state index contributed by atoms with van der Waals surface area (Å²) in [4.78, 5) is 5.14. The number of ether oxygens (including phenoxy) is 2. The monoisotopic (exact) mass is 322 g/mol. The number of thioether (sulfide) groups is 1. The Morgan fingerprint density at radius 1 is 1.24 bits per heavy atom. The van der Waals surface area contributed by atoms with Gasteiger partial charge in [0.2, 0.25) is 0 Å². The van der Waals surface area contributed by atoms with Gasteiger partial charge in [-0.25, -0.2) is 4.98 Å². The van der Waals surface area contributed by atoms with E-state index in [9.17, 15) is 0 Å². The number of benzene rings is 1.